The molecule has 5 heteroatoms. The minimum atomic E-state index is -3.23. The quantitative estimate of drug-likeness (QED) is 0.821. The molecule has 0 radical (unpaired) electrons. The van der Waals surface area contributed by atoms with Crippen molar-refractivity contribution in [3.8, 4) is 0 Å². The molecule has 1 aliphatic carbocycles. The van der Waals surface area contributed by atoms with Gasteiger partial charge in [0.1, 0.15) is 0 Å². The molecule has 0 spiro atoms. The number of anilines is 1. The summed E-state index contributed by atoms with van der Waals surface area (Å²) in [5.74, 6) is 0.564. The van der Waals surface area contributed by atoms with Crippen LogP contribution in [0.15, 0.2) is 24.3 Å². The summed E-state index contributed by atoms with van der Waals surface area (Å²) < 4.78 is 27.2. The third-order valence-corrected chi connectivity index (χ3v) is 5.57. The number of sulfonamides is 1. The molecule has 0 aliphatic heterocycles. The average molecular weight is 296 g/mol. The van der Waals surface area contributed by atoms with Gasteiger partial charge in [-0.1, -0.05) is 31.4 Å². The Morgan fingerprint density at radius 1 is 1.30 bits per heavy atom. The van der Waals surface area contributed by atoms with Gasteiger partial charge >= 0.3 is 0 Å². The van der Waals surface area contributed by atoms with Crippen molar-refractivity contribution in [2.45, 2.75) is 45.1 Å². The fourth-order valence-electron chi connectivity index (χ4n) is 2.88. The molecule has 1 unspecified atom stereocenters. The third-order valence-electron chi connectivity index (χ3n) is 3.95. The number of hydrogen-bond acceptors (Lipinski definition) is 3. The van der Waals surface area contributed by atoms with Crippen molar-refractivity contribution in [1.82, 2.24) is 4.72 Å². The van der Waals surface area contributed by atoms with E-state index in [1.165, 1.54) is 6.42 Å². The van der Waals surface area contributed by atoms with Crippen LogP contribution in [0, 0.1) is 5.92 Å². The highest BCUT2D eigenvalue weighted by Crippen LogP contribution is 2.25. The SMILES string of the molecule is CC(NS(=O)(=O)CC1CCCCC1)c1cccc(N)c1. The number of benzene rings is 1. The lowest BCUT2D eigenvalue weighted by Crippen LogP contribution is -2.32. The van der Waals surface area contributed by atoms with Crippen molar-refractivity contribution in [3.63, 3.8) is 0 Å². The smallest absolute Gasteiger partial charge is 0.212 e. The number of hydrogen-bond donors (Lipinski definition) is 2. The van der Waals surface area contributed by atoms with Gasteiger partial charge in [0.15, 0.2) is 0 Å². The number of rotatable bonds is 5. The molecule has 1 fully saturated rings. The van der Waals surface area contributed by atoms with Crippen LogP contribution in [0.5, 0.6) is 0 Å². The summed E-state index contributed by atoms with van der Waals surface area (Å²) in [7, 11) is -3.23. The lowest BCUT2D eigenvalue weighted by molar-refractivity contribution is 0.383. The number of nitrogens with one attached hydrogen (secondary N) is 1. The van der Waals surface area contributed by atoms with Crippen LogP contribution in [0.1, 0.15) is 50.6 Å². The van der Waals surface area contributed by atoms with Crippen LogP contribution < -0.4 is 10.5 Å². The summed E-state index contributed by atoms with van der Waals surface area (Å²) in [6, 6.07) is 7.11. The zero-order valence-corrected chi connectivity index (χ0v) is 12.8. The minimum absolute atomic E-state index is 0.243. The summed E-state index contributed by atoms with van der Waals surface area (Å²) in [5, 5.41) is 0. The molecule has 1 saturated carbocycles. The Morgan fingerprint density at radius 2 is 2.00 bits per heavy atom. The molecule has 1 aliphatic rings. The maximum absolute atomic E-state index is 12.2. The highest BCUT2D eigenvalue weighted by Gasteiger charge is 2.23. The van der Waals surface area contributed by atoms with Crippen molar-refractivity contribution in [3.05, 3.63) is 29.8 Å². The van der Waals surface area contributed by atoms with Crippen molar-refractivity contribution >= 4 is 15.7 Å². The Balaban J connectivity index is 1.96. The van der Waals surface area contributed by atoms with Gasteiger partial charge in [-0.2, -0.15) is 0 Å². The van der Waals surface area contributed by atoms with Gasteiger partial charge in [0.2, 0.25) is 10.0 Å². The maximum atomic E-state index is 12.2. The first kappa shape index (κ1) is 15.3. The Hall–Kier alpha value is -1.07. The summed E-state index contributed by atoms with van der Waals surface area (Å²) in [6.07, 6.45) is 5.63. The lowest BCUT2D eigenvalue weighted by atomic mass is 9.91. The zero-order valence-electron chi connectivity index (χ0n) is 12.0. The van der Waals surface area contributed by atoms with Crippen molar-refractivity contribution in [2.75, 3.05) is 11.5 Å². The summed E-state index contributed by atoms with van der Waals surface area (Å²) in [4.78, 5) is 0. The molecule has 4 nitrogen and oxygen atoms in total. The molecule has 0 aromatic heterocycles. The van der Waals surface area contributed by atoms with Gasteiger partial charge in [-0.25, -0.2) is 13.1 Å². The van der Waals surface area contributed by atoms with Crippen LogP contribution >= 0.6 is 0 Å². The first-order valence-electron chi connectivity index (χ1n) is 7.32. The van der Waals surface area contributed by atoms with E-state index in [1.54, 1.807) is 6.07 Å². The first-order valence-corrected chi connectivity index (χ1v) is 8.97. The molecule has 2 rings (SSSR count). The monoisotopic (exact) mass is 296 g/mol. The molecule has 0 saturated heterocycles. The molecule has 1 aromatic rings. The van der Waals surface area contributed by atoms with Gasteiger partial charge < -0.3 is 5.73 Å². The molecular formula is C15H24N2O2S. The van der Waals surface area contributed by atoms with Gasteiger partial charge in [0.05, 0.1) is 5.75 Å². The Bertz CT molecular complexity index is 537. The minimum Gasteiger partial charge on any atom is -0.399 e. The Kier molecular flexibility index (Phi) is 5.05. The predicted molar refractivity (Wildman–Crippen MR) is 82.8 cm³/mol. The normalized spacial score (nSPS) is 18.9. The van der Waals surface area contributed by atoms with E-state index in [-0.39, 0.29) is 11.8 Å². The van der Waals surface area contributed by atoms with Gasteiger partial charge in [0, 0.05) is 11.7 Å². The first-order chi connectivity index (χ1) is 9.46. The van der Waals surface area contributed by atoms with E-state index in [0.717, 1.165) is 31.2 Å². The van der Waals surface area contributed by atoms with Crippen LogP contribution in [0.25, 0.3) is 0 Å². The second-order valence-electron chi connectivity index (χ2n) is 5.80. The molecule has 1 aromatic carbocycles. The lowest BCUT2D eigenvalue weighted by Gasteiger charge is -2.23. The van der Waals surface area contributed by atoms with Gasteiger partial charge in [0.25, 0.3) is 0 Å². The predicted octanol–water partition coefficient (Wildman–Crippen LogP) is 2.83. The maximum Gasteiger partial charge on any atom is 0.212 e. The van der Waals surface area contributed by atoms with E-state index in [0.29, 0.717) is 11.6 Å². The summed E-state index contributed by atoms with van der Waals surface area (Å²) in [6.45, 7) is 1.85. The van der Waals surface area contributed by atoms with Crippen LogP contribution in [0.3, 0.4) is 0 Å². The largest absolute Gasteiger partial charge is 0.399 e. The second kappa shape index (κ2) is 6.59. The Morgan fingerprint density at radius 3 is 2.65 bits per heavy atom. The van der Waals surface area contributed by atoms with Crippen LogP contribution in [0.4, 0.5) is 5.69 Å². The van der Waals surface area contributed by atoms with Crippen LogP contribution in [-0.4, -0.2) is 14.2 Å². The van der Waals surface area contributed by atoms with Crippen molar-refractivity contribution < 1.29 is 8.42 Å². The highest BCUT2D eigenvalue weighted by atomic mass is 32.2. The zero-order chi connectivity index (χ0) is 14.6. The molecule has 3 N–H and O–H groups in total. The van der Waals surface area contributed by atoms with Crippen LogP contribution in [0.2, 0.25) is 0 Å². The van der Waals surface area contributed by atoms with Gasteiger partial charge in [-0.15, -0.1) is 0 Å². The molecule has 112 valence electrons. The van der Waals surface area contributed by atoms with Gasteiger partial charge in [-0.3, -0.25) is 0 Å². The second-order valence-corrected chi connectivity index (χ2v) is 7.59. The Labute approximate surface area is 121 Å². The van der Waals surface area contributed by atoms with E-state index in [9.17, 15) is 8.42 Å². The average Bonchev–Trinajstić information content (AvgIpc) is 2.38. The molecule has 0 amide bonds. The van der Waals surface area contributed by atoms with Gasteiger partial charge in [-0.05, 0) is 43.4 Å². The topological polar surface area (TPSA) is 72.2 Å². The third kappa shape index (κ3) is 4.49. The number of nitrogen functional groups attached to an aromatic ring is 1. The molecule has 0 bridgehead atoms. The number of nitrogens with two attached hydrogens (primary N) is 1. The highest BCUT2D eigenvalue weighted by molar-refractivity contribution is 7.89. The molecule has 1 atom stereocenters. The van der Waals surface area contributed by atoms with E-state index in [4.69, 9.17) is 5.73 Å². The van der Waals surface area contributed by atoms with Crippen molar-refractivity contribution in [1.29, 1.82) is 0 Å². The fourth-order valence-corrected chi connectivity index (χ4v) is 4.60. The van der Waals surface area contributed by atoms with E-state index < -0.39 is 10.0 Å². The summed E-state index contributed by atoms with van der Waals surface area (Å²) >= 11 is 0. The summed E-state index contributed by atoms with van der Waals surface area (Å²) in [5.41, 5.74) is 7.29. The molecule has 0 heterocycles. The standard InChI is InChI=1S/C15H24N2O2S/c1-12(14-8-5-9-15(16)10-14)17-20(18,19)11-13-6-3-2-4-7-13/h5,8-10,12-13,17H,2-4,6-7,11,16H2,1H3. The van der Waals surface area contributed by atoms with Crippen LogP contribution in [-0.2, 0) is 10.0 Å². The molecule has 20 heavy (non-hydrogen) atoms. The van der Waals surface area contributed by atoms with Crippen molar-refractivity contribution in [2.24, 2.45) is 5.92 Å². The van der Waals surface area contributed by atoms with E-state index in [2.05, 4.69) is 4.72 Å². The van der Waals surface area contributed by atoms with E-state index >= 15 is 0 Å². The molecular weight excluding hydrogens is 272 g/mol. The van der Waals surface area contributed by atoms with E-state index in [1.807, 2.05) is 25.1 Å². The fraction of sp³-hybridized carbons (Fsp3) is 0.600.